The summed E-state index contributed by atoms with van der Waals surface area (Å²) in [6.07, 6.45) is 2.07. The number of anilines is 2. The second-order valence-electron chi connectivity index (χ2n) is 7.38. The molecular weight excluding hydrogens is 386 g/mol. The number of aromatic nitrogens is 2. The highest BCUT2D eigenvalue weighted by Crippen LogP contribution is 2.24. The minimum absolute atomic E-state index is 0.195. The summed E-state index contributed by atoms with van der Waals surface area (Å²) in [6.45, 7) is 7.88. The van der Waals surface area contributed by atoms with Gasteiger partial charge in [0.25, 0.3) is 0 Å². The maximum atomic E-state index is 11.9. The summed E-state index contributed by atoms with van der Waals surface area (Å²) in [4.78, 5) is 23.7. The summed E-state index contributed by atoms with van der Waals surface area (Å²) in [5.74, 6) is 2.89. The number of ether oxygens (including phenoxy) is 1. The van der Waals surface area contributed by atoms with E-state index in [1.807, 2.05) is 24.3 Å². The Kier molecular flexibility index (Phi) is 7.71. The van der Waals surface area contributed by atoms with Crippen LogP contribution in [0.4, 0.5) is 16.3 Å². The number of urea groups is 1. The largest absolute Gasteiger partial charge is 0.378 e. The lowest BCUT2D eigenvalue weighted by molar-refractivity contribution is 0.122. The highest BCUT2D eigenvalue weighted by Gasteiger charge is 2.16. The van der Waals surface area contributed by atoms with E-state index in [4.69, 9.17) is 14.7 Å². The van der Waals surface area contributed by atoms with Crippen molar-refractivity contribution in [3.63, 3.8) is 0 Å². The summed E-state index contributed by atoms with van der Waals surface area (Å²) in [7, 11) is 0. The third kappa shape index (κ3) is 6.33. The molecule has 2 aromatic rings. The number of nitrogens with one attached hydrogen (secondary N) is 2. The summed E-state index contributed by atoms with van der Waals surface area (Å²) < 4.78 is 5.46. The molecule has 1 aromatic carbocycles. The molecule has 156 valence electrons. The Bertz CT molecular complexity index is 807. The Morgan fingerprint density at radius 2 is 1.93 bits per heavy atom. The summed E-state index contributed by atoms with van der Waals surface area (Å²) in [5, 5.41) is 5.70. The molecule has 0 atom stereocenters. The van der Waals surface area contributed by atoms with Crippen LogP contribution in [0.15, 0.2) is 30.3 Å². The van der Waals surface area contributed by atoms with Gasteiger partial charge in [-0.15, -0.1) is 0 Å². The Hall–Kier alpha value is -2.32. The van der Waals surface area contributed by atoms with E-state index in [9.17, 15) is 4.79 Å². The van der Waals surface area contributed by atoms with Gasteiger partial charge in [0.15, 0.2) is 5.82 Å². The highest BCUT2D eigenvalue weighted by atomic mass is 32.2. The van der Waals surface area contributed by atoms with Crippen LogP contribution in [0.1, 0.15) is 19.5 Å². The predicted octanol–water partition coefficient (Wildman–Crippen LogP) is 3.62. The molecule has 1 aliphatic heterocycles. The first kappa shape index (κ1) is 21.4. The van der Waals surface area contributed by atoms with Crippen LogP contribution < -0.4 is 15.5 Å². The number of morpholine rings is 1. The molecule has 8 heteroatoms. The normalized spacial score (nSPS) is 14.1. The van der Waals surface area contributed by atoms with Crippen LogP contribution >= 0.6 is 11.8 Å². The first-order chi connectivity index (χ1) is 14.0. The Balaban J connectivity index is 1.76. The minimum Gasteiger partial charge on any atom is -0.378 e. The number of amides is 2. The minimum atomic E-state index is -0.195. The van der Waals surface area contributed by atoms with Gasteiger partial charge in [0.1, 0.15) is 5.82 Å². The van der Waals surface area contributed by atoms with Gasteiger partial charge in [-0.25, -0.2) is 14.8 Å². The lowest BCUT2D eigenvalue weighted by Gasteiger charge is -2.28. The molecule has 0 saturated carbocycles. The number of carbonyl (C=O) groups excluding carboxylic acids is 1. The van der Waals surface area contributed by atoms with Crippen molar-refractivity contribution in [1.29, 1.82) is 0 Å². The Morgan fingerprint density at radius 3 is 2.59 bits per heavy atom. The van der Waals surface area contributed by atoms with Gasteiger partial charge in [-0.1, -0.05) is 13.8 Å². The van der Waals surface area contributed by atoms with Crippen LogP contribution in [-0.2, 0) is 10.5 Å². The number of nitrogens with zero attached hydrogens (tertiary/aromatic N) is 3. The number of carbonyl (C=O) groups is 1. The molecule has 7 nitrogen and oxygen atoms in total. The van der Waals surface area contributed by atoms with Gasteiger partial charge in [-0.3, -0.25) is 0 Å². The second kappa shape index (κ2) is 10.5. The molecule has 0 unspecified atom stereocenters. The molecule has 0 spiro atoms. The lowest BCUT2D eigenvalue weighted by Crippen LogP contribution is -2.37. The quantitative estimate of drug-likeness (QED) is 0.719. The van der Waals surface area contributed by atoms with Crippen molar-refractivity contribution < 1.29 is 9.53 Å². The van der Waals surface area contributed by atoms with Crippen molar-refractivity contribution in [3.05, 3.63) is 36.0 Å². The van der Waals surface area contributed by atoms with Gasteiger partial charge < -0.3 is 20.3 Å². The average molecular weight is 416 g/mol. The van der Waals surface area contributed by atoms with Crippen LogP contribution in [0.25, 0.3) is 11.4 Å². The van der Waals surface area contributed by atoms with Gasteiger partial charge in [0, 0.05) is 42.7 Å². The van der Waals surface area contributed by atoms with Crippen LogP contribution in [-0.4, -0.2) is 55.1 Å². The monoisotopic (exact) mass is 415 g/mol. The third-order valence-electron chi connectivity index (χ3n) is 4.46. The molecule has 29 heavy (non-hydrogen) atoms. The fraction of sp³-hybridized carbons (Fsp3) is 0.476. The van der Waals surface area contributed by atoms with Crippen molar-refractivity contribution in [2.45, 2.75) is 19.6 Å². The summed E-state index contributed by atoms with van der Waals surface area (Å²) in [6, 6.07) is 9.52. The van der Waals surface area contributed by atoms with Gasteiger partial charge in [0.2, 0.25) is 0 Å². The highest BCUT2D eigenvalue weighted by molar-refractivity contribution is 7.97. The smallest absolute Gasteiger partial charge is 0.319 e. The van der Waals surface area contributed by atoms with Crippen molar-refractivity contribution in [1.82, 2.24) is 15.3 Å². The van der Waals surface area contributed by atoms with Crippen LogP contribution in [0, 0.1) is 5.92 Å². The van der Waals surface area contributed by atoms with E-state index >= 15 is 0 Å². The summed E-state index contributed by atoms with van der Waals surface area (Å²) >= 11 is 1.74. The molecule has 2 N–H and O–H groups in total. The maximum absolute atomic E-state index is 11.9. The molecule has 0 radical (unpaired) electrons. The van der Waals surface area contributed by atoms with E-state index in [-0.39, 0.29) is 6.03 Å². The van der Waals surface area contributed by atoms with Crippen molar-refractivity contribution >= 4 is 29.3 Å². The van der Waals surface area contributed by atoms with E-state index in [2.05, 4.69) is 41.7 Å². The van der Waals surface area contributed by atoms with E-state index in [1.165, 1.54) is 0 Å². The van der Waals surface area contributed by atoms with Gasteiger partial charge in [-0.2, -0.15) is 11.8 Å². The fourth-order valence-electron chi connectivity index (χ4n) is 2.96. The van der Waals surface area contributed by atoms with Gasteiger partial charge in [0.05, 0.1) is 18.9 Å². The molecule has 2 heterocycles. The van der Waals surface area contributed by atoms with Crippen molar-refractivity contribution in [2.75, 3.05) is 49.3 Å². The van der Waals surface area contributed by atoms with Crippen molar-refractivity contribution in [2.24, 2.45) is 5.92 Å². The maximum Gasteiger partial charge on any atom is 0.319 e. The van der Waals surface area contributed by atoms with Crippen LogP contribution in [0.2, 0.25) is 0 Å². The Morgan fingerprint density at radius 1 is 1.21 bits per heavy atom. The predicted molar refractivity (Wildman–Crippen MR) is 120 cm³/mol. The topological polar surface area (TPSA) is 79.4 Å². The number of benzene rings is 1. The van der Waals surface area contributed by atoms with E-state index in [0.717, 1.165) is 54.8 Å². The summed E-state index contributed by atoms with van der Waals surface area (Å²) in [5.41, 5.74) is 2.68. The molecule has 1 aromatic heterocycles. The molecule has 2 amide bonds. The zero-order valence-electron chi connectivity index (χ0n) is 17.3. The first-order valence-electron chi connectivity index (χ1n) is 9.90. The molecule has 1 saturated heterocycles. The molecule has 1 fully saturated rings. The van der Waals surface area contributed by atoms with Gasteiger partial charge >= 0.3 is 6.03 Å². The zero-order valence-corrected chi connectivity index (χ0v) is 18.1. The van der Waals surface area contributed by atoms with E-state index < -0.39 is 0 Å². The fourth-order valence-corrected chi connectivity index (χ4v) is 3.41. The molecule has 1 aliphatic rings. The lowest BCUT2D eigenvalue weighted by atomic mass is 10.2. The van der Waals surface area contributed by atoms with Crippen molar-refractivity contribution in [3.8, 4) is 11.4 Å². The standard InChI is InChI=1S/C21H29N5O2S/c1-15(2)13-22-21(27)24-17-6-4-16(5-7-17)20-23-18(14-29-3)12-19(25-20)26-8-10-28-11-9-26/h4-7,12,15H,8-11,13-14H2,1-3H3,(H2,22,24,27). The second-order valence-corrected chi connectivity index (χ2v) is 8.25. The van der Waals surface area contributed by atoms with Crippen LogP contribution in [0.3, 0.4) is 0 Å². The van der Waals surface area contributed by atoms with E-state index in [1.54, 1.807) is 11.8 Å². The number of hydrogen-bond donors (Lipinski definition) is 2. The molecule has 0 aliphatic carbocycles. The Labute approximate surface area is 176 Å². The third-order valence-corrected chi connectivity index (χ3v) is 5.05. The molecular formula is C21H29N5O2S. The van der Waals surface area contributed by atoms with Gasteiger partial charge in [-0.05, 0) is 36.4 Å². The zero-order chi connectivity index (χ0) is 20.6. The molecule has 3 rings (SSSR count). The number of hydrogen-bond acceptors (Lipinski definition) is 6. The number of rotatable bonds is 7. The average Bonchev–Trinajstić information content (AvgIpc) is 2.73. The SMILES string of the molecule is CSCc1cc(N2CCOCC2)nc(-c2ccc(NC(=O)NCC(C)C)cc2)n1. The van der Waals surface area contributed by atoms with E-state index in [0.29, 0.717) is 18.3 Å². The first-order valence-corrected chi connectivity index (χ1v) is 11.3. The number of thioether (sulfide) groups is 1. The molecule has 0 bridgehead atoms. The van der Waals surface area contributed by atoms with Crippen LogP contribution in [0.5, 0.6) is 0 Å².